The van der Waals surface area contributed by atoms with Crippen molar-refractivity contribution in [2.24, 2.45) is 0 Å². The number of carbonyl (C=O) groups excluding carboxylic acids is 1. The van der Waals surface area contributed by atoms with Crippen LogP contribution in [0.5, 0.6) is 0 Å². The smallest absolute Gasteiger partial charge is 0.227 e. The van der Waals surface area contributed by atoms with Crippen LogP contribution in [0.2, 0.25) is 0 Å². The van der Waals surface area contributed by atoms with Crippen molar-refractivity contribution >= 4 is 5.91 Å². The van der Waals surface area contributed by atoms with Crippen molar-refractivity contribution in [2.75, 3.05) is 6.54 Å². The second kappa shape index (κ2) is 9.24. The lowest BCUT2D eigenvalue weighted by molar-refractivity contribution is -0.121. The molecule has 3 aromatic rings. The Balaban J connectivity index is 1.31. The minimum absolute atomic E-state index is 0.0317. The largest absolute Gasteiger partial charge is 0.355 e. The summed E-state index contributed by atoms with van der Waals surface area (Å²) in [6.07, 6.45) is 6.48. The number of carbonyl (C=O) groups is 1. The number of aryl methyl sites for hydroxylation is 2. The summed E-state index contributed by atoms with van der Waals surface area (Å²) in [6, 6.07) is 18.7. The van der Waals surface area contributed by atoms with Gasteiger partial charge in [-0.1, -0.05) is 79.5 Å². The molecule has 1 heterocycles. The second-order valence-corrected chi connectivity index (χ2v) is 8.19. The predicted octanol–water partition coefficient (Wildman–Crippen LogP) is 4.86. The molecule has 1 fully saturated rings. The Bertz CT molecular complexity index is 958. The SMILES string of the molecule is CCc1ccc(-c2noc(CCC(=O)NCC3(c4ccccc4)CCCC3)n2)cc1. The zero-order valence-corrected chi connectivity index (χ0v) is 17.6. The molecule has 0 unspecified atom stereocenters. The van der Waals surface area contributed by atoms with Gasteiger partial charge in [0.2, 0.25) is 17.6 Å². The lowest BCUT2D eigenvalue weighted by atomic mass is 9.79. The van der Waals surface area contributed by atoms with Gasteiger partial charge in [0.25, 0.3) is 0 Å². The fourth-order valence-electron chi connectivity index (χ4n) is 4.35. The van der Waals surface area contributed by atoms with Gasteiger partial charge in [-0.15, -0.1) is 0 Å². The molecule has 0 bridgehead atoms. The lowest BCUT2D eigenvalue weighted by Crippen LogP contribution is -2.39. The summed E-state index contributed by atoms with van der Waals surface area (Å²) in [5.74, 6) is 1.10. The molecule has 1 N–H and O–H groups in total. The molecular weight excluding hydrogens is 374 g/mol. The summed E-state index contributed by atoms with van der Waals surface area (Å²) < 4.78 is 5.35. The molecule has 1 amide bonds. The maximum Gasteiger partial charge on any atom is 0.227 e. The number of hydrogen-bond donors (Lipinski definition) is 1. The fourth-order valence-corrected chi connectivity index (χ4v) is 4.35. The lowest BCUT2D eigenvalue weighted by Gasteiger charge is -2.30. The topological polar surface area (TPSA) is 68.0 Å². The Morgan fingerprint density at radius 2 is 1.80 bits per heavy atom. The van der Waals surface area contributed by atoms with Crippen molar-refractivity contribution in [3.05, 3.63) is 71.6 Å². The number of rotatable bonds is 8. The van der Waals surface area contributed by atoms with Crippen LogP contribution in [-0.2, 0) is 23.1 Å². The van der Waals surface area contributed by atoms with Crippen LogP contribution >= 0.6 is 0 Å². The molecule has 1 aliphatic carbocycles. The van der Waals surface area contributed by atoms with E-state index in [9.17, 15) is 4.79 Å². The molecule has 30 heavy (non-hydrogen) atoms. The average Bonchev–Trinajstić information content (AvgIpc) is 3.48. The van der Waals surface area contributed by atoms with Crippen LogP contribution in [0, 0.1) is 0 Å². The summed E-state index contributed by atoms with van der Waals surface area (Å²) in [7, 11) is 0. The van der Waals surface area contributed by atoms with Gasteiger partial charge >= 0.3 is 0 Å². The molecule has 0 aliphatic heterocycles. The maximum absolute atomic E-state index is 12.5. The van der Waals surface area contributed by atoms with Gasteiger partial charge in [0.05, 0.1) is 0 Å². The van der Waals surface area contributed by atoms with E-state index in [1.807, 2.05) is 18.2 Å². The van der Waals surface area contributed by atoms with Crippen LogP contribution in [0.3, 0.4) is 0 Å². The highest BCUT2D eigenvalue weighted by Crippen LogP contribution is 2.40. The number of nitrogens with zero attached hydrogens (tertiary/aromatic N) is 2. The van der Waals surface area contributed by atoms with Gasteiger partial charge in [-0.2, -0.15) is 4.98 Å². The van der Waals surface area contributed by atoms with Crippen LogP contribution in [0.25, 0.3) is 11.4 Å². The van der Waals surface area contributed by atoms with E-state index in [1.165, 1.54) is 24.0 Å². The number of nitrogens with one attached hydrogen (secondary N) is 1. The molecular formula is C25H29N3O2. The summed E-state index contributed by atoms with van der Waals surface area (Å²) in [5.41, 5.74) is 3.60. The molecule has 5 heteroatoms. The zero-order valence-electron chi connectivity index (χ0n) is 17.6. The molecule has 0 spiro atoms. The molecule has 0 radical (unpaired) electrons. The minimum Gasteiger partial charge on any atom is -0.355 e. The highest BCUT2D eigenvalue weighted by molar-refractivity contribution is 5.76. The van der Waals surface area contributed by atoms with Gasteiger partial charge < -0.3 is 9.84 Å². The molecule has 0 saturated heterocycles. The van der Waals surface area contributed by atoms with E-state index in [-0.39, 0.29) is 11.3 Å². The van der Waals surface area contributed by atoms with Gasteiger partial charge in [-0.25, -0.2) is 0 Å². The van der Waals surface area contributed by atoms with Gasteiger partial charge in [0.15, 0.2) is 0 Å². The van der Waals surface area contributed by atoms with E-state index >= 15 is 0 Å². The third-order valence-corrected chi connectivity index (χ3v) is 6.23. The molecule has 4 rings (SSSR count). The summed E-state index contributed by atoms with van der Waals surface area (Å²) >= 11 is 0. The second-order valence-electron chi connectivity index (χ2n) is 8.19. The first-order valence-corrected chi connectivity index (χ1v) is 10.9. The van der Waals surface area contributed by atoms with E-state index in [0.717, 1.165) is 24.8 Å². The van der Waals surface area contributed by atoms with Gasteiger partial charge in [-0.05, 0) is 30.4 Å². The molecule has 1 aromatic heterocycles. The third kappa shape index (κ3) is 4.61. The van der Waals surface area contributed by atoms with Crippen LogP contribution < -0.4 is 5.32 Å². The van der Waals surface area contributed by atoms with Crippen molar-refractivity contribution in [1.29, 1.82) is 0 Å². The molecule has 156 valence electrons. The Kier molecular flexibility index (Phi) is 6.26. The van der Waals surface area contributed by atoms with Crippen LogP contribution in [0.15, 0.2) is 59.1 Å². The first-order chi connectivity index (χ1) is 14.7. The fraction of sp³-hybridized carbons (Fsp3) is 0.400. The van der Waals surface area contributed by atoms with Crippen LogP contribution in [0.1, 0.15) is 56.0 Å². The number of benzene rings is 2. The summed E-state index contributed by atoms with van der Waals surface area (Å²) in [6.45, 7) is 2.82. The van der Waals surface area contributed by atoms with Gasteiger partial charge in [0, 0.05) is 30.4 Å². The number of aromatic nitrogens is 2. The Morgan fingerprint density at radius 3 is 2.50 bits per heavy atom. The molecule has 2 aromatic carbocycles. The van der Waals surface area contributed by atoms with E-state index in [0.29, 0.717) is 31.1 Å². The van der Waals surface area contributed by atoms with Crippen molar-refractivity contribution in [2.45, 2.75) is 57.3 Å². The minimum atomic E-state index is 0.0317. The number of hydrogen-bond acceptors (Lipinski definition) is 4. The molecule has 0 atom stereocenters. The quantitative estimate of drug-likeness (QED) is 0.583. The number of amides is 1. The molecule has 5 nitrogen and oxygen atoms in total. The molecule has 1 saturated carbocycles. The van der Waals surface area contributed by atoms with E-state index in [2.05, 4.69) is 58.8 Å². The first-order valence-electron chi connectivity index (χ1n) is 10.9. The monoisotopic (exact) mass is 403 g/mol. The van der Waals surface area contributed by atoms with Crippen LogP contribution in [-0.4, -0.2) is 22.6 Å². The zero-order chi connectivity index (χ0) is 20.8. The Hall–Kier alpha value is -2.95. The van der Waals surface area contributed by atoms with E-state index in [4.69, 9.17) is 4.52 Å². The summed E-state index contributed by atoms with van der Waals surface area (Å²) in [5, 5.41) is 7.22. The predicted molar refractivity (Wildman–Crippen MR) is 117 cm³/mol. The van der Waals surface area contributed by atoms with Crippen molar-refractivity contribution in [3.63, 3.8) is 0 Å². The van der Waals surface area contributed by atoms with E-state index < -0.39 is 0 Å². The van der Waals surface area contributed by atoms with Gasteiger partial charge in [0.1, 0.15) is 0 Å². The molecule has 1 aliphatic rings. The summed E-state index contributed by atoms with van der Waals surface area (Å²) in [4.78, 5) is 16.9. The standard InChI is InChI=1S/C25H29N3O2/c1-2-19-10-12-20(13-11-19)24-27-23(30-28-24)15-14-22(29)26-18-25(16-6-7-17-25)21-8-4-3-5-9-21/h3-5,8-13H,2,6-7,14-18H2,1H3,(H,26,29). The van der Waals surface area contributed by atoms with Crippen LogP contribution in [0.4, 0.5) is 0 Å². The van der Waals surface area contributed by atoms with E-state index in [1.54, 1.807) is 0 Å². The normalized spacial score (nSPS) is 15.2. The average molecular weight is 404 g/mol. The highest BCUT2D eigenvalue weighted by atomic mass is 16.5. The van der Waals surface area contributed by atoms with Crippen molar-refractivity contribution < 1.29 is 9.32 Å². The third-order valence-electron chi connectivity index (χ3n) is 6.23. The Morgan fingerprint density at radius 1 is 1.07 bits per heavy atom. The highest BCUT2D eigenvalue weighted by Gasteiger charge is 2.35. The Labute approximate surface area is 177 Å². The van der Waals surface area contributed by atoms with Gasteiger partial charge in [-0.3, -0.25) is 4.79 Å². The van der Waals surface area contributed by atoms with Crippen molar-refractivity contribution in [3.8, 4) is 11.4 Å². The first kappa shape index (κ1) is 20.3. The van der Waals surface area contributed by atoms with Crippen molar-refractivity contribution in [1.82, 2.24) is 15.5 Å². The maximum atomic E-state index is 12.5.